The summed E-state index contributed by atoms with van der Waals surface area (Å²) in [5, 5.41) is 3.27. The van der Waals surface area contributed by atoms with Crippen LogP contribution in [0.15, 0.2) is 60.7 Å². The van der Waals surface area contributed by atoms with Crippen molar-refractivity contribution in [2.45, 2.75) is 38.9 Å². The highest BCUT2D eigenvalue weighted by Crippen LogP contribution is 2.40. The topological polar surface area (TPSA) is 60.0 Å². The fourth-order valence-corrected chi connectivity index (χ4v) is 4.99. The van der Waals surface area contributed by atoms with Gasteiger partial charge in [0.2, 0.25) is 0 Å². The summed E-state index contributed by atoms with van der Waals surface area (Å²) in [7, 11) is 4.99. The lowest BCUT2D eigenvalue weighted by Gasteiger charge is -2.41. The summed E-state index contributed by atoms with van der Waals surface area (Å²) < 4.78 is 16.6. The maximum absolute atomic E-state index is 13.2. The van der Waals surface area contributed by atoms with Gasteiger partial charge in [-0.25, -0.2) is 0 Å². The molecule has 0 aliphatic carbocycles. The average Bonchev–Trinajstić information content (AvgIpc) is 2.87. The van der Waals surface area contributed by atoms with Gasteiger partial charge in [0.05, 0.1) is 27.4 Å². The number of nitrogens with zero attached hydrogens (tertiary/aromatic N) is 1. The normalized spacial score (nSPS) is 16.2. The number of aryl methyl sites for hydroxylation is 1. The van der Waals surface area contributed by atoms with E-state index >= 15 is 0 Å². The molecule has 35 heavy (non-hydrogen) atoms. The number of nitrogens with one attached hydrogen (secondary N) is 1. The van der Waals surface area contributed by atoms with E-state index in [1.165, 1.54) is 5.56 Å². The van der Waals surface area contributed by atoms with Gasteiger partial charge in [0, 0.05) is 24.7 Å². The van der Waals surface area contributed by atoms with Gasteiger partial charge < -0.3 is 19.5 Å². The van der Waals surface area contributed by atoms with Gasteiger partial charge in [-0.3, -0.25) is 9.69 Å². The Labute approximate surface area is 207 Å². The third-order valence-corrected chi connectivity index (χ3v) is 6.77. The van der Waals surface area contributed by atoms with Gasteiger partial charge in [0.25, 0.3) is 5.91 Å². The molecule has 1 N–H and O–H groups in total. The number of carbonyl (C=O) groups excluding carboxylic acids is 1. The Morgan fingerprint density at radius 3 is 2.46 bits per heavy atom. The molecule has 0 saturated heterocycles. The molecule has 3 aromatic carbocycles. The lowest BCUT2D eigenvalue weighted by atomic mass is 9.87. The van der Waals surface area contributed by atoms with Gasteiger partial charge in [-0.2, -0.15) is 0 Å². The summed E-state index contributed by atoms with van der Waals surface area (Å²) in [6, 6.07) is 19.8. The number of carbonyl (C=O) groups is 1. The highest BCUT2D eigenvalue weighted by molar-refractivity contribution is 5.95. The smallest absolute Gasteiger partial charge is 0.251 e. The zero-order valence-electron chi connectivity index (χ0n) is 21.1. The van der Waals surface area contributed by atoms with Crippen molar-refractivity contribution >= 4 is 5.91 Å². The van der Waals surface area contributed by atoms with Crippen molar-refractivity contribution in [3.8, 4) is 17.2 Å². The van der Waals surface area contributed by atoms with E-state index < -0.39 is 0 Å². The Morgan fingerprint density at radius 1 is 1.00 bits per heavy atom. The molecule has 0 radical (unpaired) electrons. The molecule has 0 unspecified atom stereocenters. The quantitative estimate of drug-likeness (QED) is 0.501. The maximum Gasteiger partial charge on any atom is 0.251 e. The first kappa shape index (κ1) is 24.6. The van der Waals surface area contributed by atoms with E-state index in [-0.39, 0.29) is 18.0 Å². The van der Waals surface area contributed by atoms with Crippen LogP contribution in [0.25, 0.3) is 0 Å². The minimum absolute atomic E-state index is 0.0438. The molecular weight excluding hydrogens is 440 g/mol. The second-order valence-corrected chi connectivity index (χ2v) is 9.00. The van der Waals surface area contributed by atoms with Crippen LogP contribution in [0, 0.1) is 6.92 Å². The van der Waals surface area contributed by atoms with E-state index in [0.717, 1.165) is 47.7 Å². The SMILES string of the molecule is COc1cccc(CN2CCc3cc(OC)c(OC)cc3[C@@H]2[C@@H](C)NC(=O)c2ccccc2C)c1. The predicted octanol–water partition coefficient (Wildman–Crippen LogP) is 4.94. The Hall–Kier alpha value is -3.51. The summed E-state index contributed by atoms with van der Waals surface area (Å²) in [5.74, 6) is 2.19. The second-order valence-electron chi connectivity index (χ2n) is 9.00. The predicted molar refractivity (Wildman–Crippen MR) is 138 cm³/mol. The minimum atomic E-state index is -0.148. The van der Waals surface area contributed by atoms with Crippen LogP contribution in [-0.4, -0.2) is 44.7 Å². The van der Waals surface area contributed by atoms with Gasteiger partial charge in [-0.15, -0.1) is 0 Å². The van der Waals surface area contributed by atoms with Crippen molar-refractivity contribution in [1.82, 2.24) is 10.2 Å². The van der Waals surface area contributed by atoms with E-state index in [0.29, 0.717) is 11.3 Å². The Balaban J connectivity index is 1.70. The summed E-state index contributed by atoms with van der Waals surface area (Å²) in [4.78, 5) is 15.6. The molecule has 184 valence electrons. The molecule has 0 fully saturated rings. The number of benzene rings is 3. The second kappa shape index (κ2) is 10.8. The fraction of sp³-hybridized carbons (Fsp3) is 0.345. The van der Waals surface area contributed by atoms with Crippen LogP contribution >= 0.6 is 0 Å². The molecule has 0 saturated carbocycles. The van der Waals surface area contributed by atoms with Crippen molar-refractivity contribution in [1.29, 1.82) is 0 Å². The summed E-state index contributed by atoms with van der Waals surface area (Å²) in [6.07, 6.45) is 0.884. The van der Waals surface area contributed by atoms with Crippen LogP contribution < -0.4 is 19.5 Å². The van der Waals surface area contributed by atoms with Crippen molar-refractivity contribution in [3.05, 3.63) is 88.5 Å². The number of hydrogen-bond acceptors (Lipinski definition) is 5. The van der Waals surface area contributed by atoms with Crippen LogP contribution in [0.4, 0.5) is 0 Å². The molecule has 0 spiro atoms. The molecule has 6 heteroatoms. The molecule has 0 aromatic heterocycles. The number of amides is 1. The van der Waals surface area contributed by atoms with Gasteiger partial charge >= 0.3 is 0 Å². The van der Waals surface area contributed by atoms with E-state index in [4.69, 9.17) is 14.2 Å². The zero-order valence-corrected chi connectivity index (χ0v) is 21.1. The van der Waals surface area contributed by atoms with Crippen LogP contribution in [0.1, 0.15) is 45.6 Å². The Kier molecular flexibility index (Phi) is 7.61. The number of methoxy groups -OCH3 is 3. The van der Waals surface area contributed by atoms with Gasteiger partial charge in [0.1, 0.15) is 5.75 Å². The standard InChI is InChI=1S/C29H34N2O4/c1-19-9-6-7-12-24(19)29(32)30-20(2)28-25-17-27(35-5)26(34-4)16-22(25)13-14-31(28)18-21-10-8-11-23(15-21)33-3/h6-12,15-17,20,28H,13-14,18H2,1-5H3,(H,30,32)/t20-,28+/m1/s1. The highest BCUT2D eigenvalue weighted by atomic mass is 16.5. The van der Waals surface area contributed by atoms with Crippen molar-refractivity contribution < 1.29 is 19.0 Å². The summed E-state index contributed by atoms with van der Waals surface area (Å²) in [5.41, 5.74) is 5.18. The molecule has 6 nitrogen and oxygen atoms in total. The highest BCUT2D eigenvalue weighted by Gasteiger charge is 2.34. The maximum atomic E-state index is 13.2. The monoisotopic (exact) mass is 474 g/mol. The third-order valence-electron chi connectivity index (χ3n) is 6.77. The summed E-state index contributed by atoms with van der Waals surface area (Å²) in [6.45, 7) is 5.63. The Bertz CT molecular complexity index is 1190. The van der Waals surface area contributed by atoms with Gasteiger partial charge in [-0.05, 0) is 72.9 Å². The fourth-order valence-electron chi connectivity index (χ4n) is 4.99. The van der Waals surface area contributed by atoms with Crippen LogP contribution in [0.2, 0.25) is 0 Å². The number of hydrogen-bond donors (Lipinski definition) is 1. The van der Waals surface area contributed by atoms with E-state index in [1.807, 2.05) is 43.3 Å². The van der Waals surface area contributed by atoms with Crippen molar-refractivity contribution in [2.75, 3.05) is 27.9 Å². The molecule has 1 heterocycles. The molecule has 0 bridgehead atoms. The van der Waals surface area contributed by atoms with Gasteiger partial charge in [0.15, 0.2) is 11.5 Å². The lowest BCUT2D eigenvalue weighted by Crippen LogP contribution is -2.47. The van der Waals surface area contributed by atoms with E-state index in [2.05, 4.69) is 41.4 Å². The summed E-state index contributed by atoms with van der Waals surface area (Å²) >= 11 is 0. The molecule has 4 rings (SSSR count). The first-order chi connectivity index (χ1) is 16.9. The van der Waals surface area contributed by atoms with Crippen molar-refractivity contribution in [3.63, 3.8) is 0 Å². The minimum Gasteiger partial charge on any atom is -0.497 e. The zero-order chi connectivity index (χ0) is 24.9. The van der Waals surface area contributed by atoms with Crippen LogP contribution in [-0.2, 0) is 13.0 Å². The largest absolute Gasteiger partial charge is 0.497 e. The third kappa shape index (κ3) is 5.28. The molecular formula is C29H34N2O4. The van der Waals surface area contributed by atoms with Gasteiger partial charge in [-0.1, -0.05) is 30.3 Å². The van der Waals surface area contributed by atoms with Crippen molar-refractivity contribution in [2.24, 2.45) is 0 Å². The molecule has 3 aromatic rings. The van der Waals surface area contributed by atoms with Crippen LogP contribution in [0.3, 0.4) is 0 Å². The molecule has 1 aliphatic rings. The molecule has 1 amide bonds. The number of rotatable bonds is 8. The molecule has 2 atom stereocenters. The van der Waals surface area contributed by atoms with Crippen LogP contribution in [0.5, 0.6) is 17.2 Å². The lowest BCUT2D eigenvalue weighted by molar-refractivity contribution is 0.0876. The molecule has 1 aliphatic heterocycles. The van der Waals surface area contributed by atoms with E-state index in [9.17, 15) is 4.79 Å². The number of fused-ring (bicyclic) bond motifs is 1. The average molecular weight is 475 g/mol. The van der Waals surface area contributed by atoms with E-state index in [1.54, 1.807) is 21.3 Å². The Morgan fingerprint density at radius 2 is 1.74 bits per heavy atom. The first-order valence-corrected chi connectivity index (χ1v) is 11.9. The first-order valence-electron chi connectivity index (χ1n) is 11.9. The number of ether oxygens (including phenoxy) is 3.